The number of nitrogens with zero attached hydrogens (tertiary/aromatic N) is 3. The van der Waals surface area contributed by atoms with E-state index in [2.05, 4.69) is 5.32 Å². The van der Waals surface area contributed by atoms with Crippen molar-refractivity contribution in [1.82, 2.24) is 0 Å². The molecule has 31 heavy (non-hydrogen) atoms. The van der Waals surface area contributed by atoms with Gasteiger partial charge in [-0.2, -0.15) is 0 Å². The minimum atomic E-state index is -0.920. The molecule has 2 aromatic rings. The number of nitro benzene ring substituents is 2. The maximum absolute atomic E-state index is 12.3. The summed E-state index contributed by atoms with van der Waals surface area (Å²) >= 11 is 5.91. The van der Waals surface area contributed by atoms with Gasteiger partial charge in [-0.15, -0.1) is 0 Å². The van der Waals surface area contributed by atoms with Gasteiger partial charge in [0, 0.05) is 31.3 Å². The molecule has 0 saturated carbocycles. The van der Waals surface area contributed by atoms with Crippen LogP contribution in [0.25, 0.3) is 0 Å². The number of non-ortho nitro benzene ring substituents is 1. The summed E-state index contributed by atoms with van der Waals surface area (Å²) in [7, 11) is 0. The van der Waals surface area contributed by atoms with Gasteiger partial charge in [-0.3, -0.25) is 25.0 Å². The Balaban J connectivity index is 1.66. The van der Waals surface area contributed by atoms with Gasteiger partial charge in [-0.05, 0) is 31.0 Å². The number of benzene rings is 2. The predicted octanol–water partition coefficient (Wildman–Crippen LogP) is 3.55. The van der Waals surface area contributed by atoms with E-state index in [4.69, 9.17) is 16.3 Å². The number of ether oxygens (including phenoxy) is 1. The number of hydrogen-bond acceptors (Lipinski definition) is 8. The van der Waals surface area contributed by atoms with Crippen LogP contribution in [0.2, 0.25) is 5.02 Å². The van der Waals surface area contributed by atoms with E-state index in [1.54, 1.807) is 0 Å². The molecule has 162 valence electrons. The minimum absolute atomic E-state index is 0.0116. The van der Waals surface area contributed by atoms with Crippen molar-refractivity contribution in [2.75, 3.05) is 29.9 Å². The van der Waals surface area contributed by atoms with Gasteiger partial charge in [0.1, 0.15) is 5.69 Å². The van der Waals surface area contributed by atoms with E-state index in [-0.39, 0.29) is 27.6 Å². The van der Waals surface area contributed by atoms with Crippen molar-refractivity contribution in [3.05, 3.63) is 67.2 Å². The Morgan fingerprint density at radius 2 is 1.77 bits per heavy atom. The normalized spacial score (nSPS) is 13.0. The highest BCUT2D eigenvalue weighted by Crippen LogP contribution is 2.32. The summed E-state index contributed by atoms with van der Waals surface area (Å²) in [6.45, 7) is 0.690. The summed E-state index contributed by atoms with van der Waals surface area (Å²) in [5, 5.41) is 24.7. The number of carbonyl (C=O) groups excluding carboxylic acids is 2. The van der Waals surface area contributed by atoms with Crippen molar-refractivity contribution in [2.45, 2.75) is 12.8 Å². The first kappa shape index (κ1) is 22.0. The monoisotopic (exact) mass is 448 g/mol. The molecular formula is C19H17ClN4O7. The maximum atomic E-state index is 12.3. The molecule has 1 amide bonds. The molecule has 0 bridgehead atoms. The van der Waals surface area contributed by atoms with Gasteiger partial charge in [0.05, 0.1) is 26.1 Å². The molecule has 1 N–H and O–H groups in total. The van der Waals surface area contributed by atoms with Crippen LogP contribution in [0.3, 0.4) is 0 Å². The largest absolute Gasteiger partial charge is 0.452 e. The van der Waals surface area contributed by atoms with Crippen LogP contribution in [0.1, 0.15) is 23.2 Å². The van der Waals surface area contributed by atoms with E-state index in [0.29, 0.717) is 18.8 Å². The summed E-state index contributed by atoms with van der Waals surface area (Å²) in [6.07, 6.45) is 1.87. The summed E-state index contributed by atoms with van der Waals surface area (Å²) in [5.74, 6) is -1.70. The van der Waals surface area contributed by atoms with Gasteiger partial charge in [0.25, 0.3) is 17.3 Å². The van der Waals surface area contributed by atoms with Crippen molar-refractivity contribution in [3.63, 3.8) is 0 Å². The molecule has 3 rings (SSSR count). The Bertz CT molecular complexity index is 1050. The summed E-state index contributed by atoms with van der Waals surface area (Å²) in [5.41, 5.74) is -0.151. The zero-order valence-corrected chi connectivity index (χ0v) is 16.8. The third-order valence-electron chi connectivity index (χ3n) is 4.62. The molecule has 12 heteroatoms. The van der Waals surface area contributed by atoms with Crippen molar-refractivity contribution in [2.24, 2.45) is 0 Å². The fourth-order valence-electron chi connectivity index (χ4n) is 3.15. The number of rotatable bonds is 7. The number of hydrogen-bond donors (Lipinski definition) is 1. The second-order valence-corrected chi connectivity index (χ2v) is 7.11. The minimum Gasteiger partial charge on any atom is -0.452 e. The first-order valence-electron chi connectivity index (χ1n) is 9.20. The fraction of sp³-hybridized carbons (Fsp3) is 0.263. The number of amides is 1. The van der Waals surface area contributed by atoms with Crippen molar-refractivity contribution in [1.29, 1.82) is 0 Å². The molecule has 1 aliphatic rings. The van der Waals surface area contributed by atoms with Crippen LogP contribution >= 0.6 is 11.6 Å². The highest BCUT2D eigenvalue weighted by molar-refractivity contribution is 6.33. The van der Waals surface area contributed by atoms with E-state index in [1.807, 2.05) is 4.90 Å². The highest BCUT2D eigenvalue weighted by atomic mass is 35.5. The average molecular weight is 449 g/mol. The number of halogens is 1. The van der Waals surface area contributed by atoms with Gasteiger partial charge >= 0.3 is 5.97 Å². The first-order chi connectivity index (χ1) is 14.8. The average Bonchev–Trinajstić information content (AvgIpc) is 3.27. The van der Waals surface area contributed by atoms with E-state index < -0.39 is 28.3 Å². The molecule has 0 aliphatic carbocycles. The van der Waals surface area contributed by atoms with Crippen LogP contribution in [0.15, 0.2) is 36.4 Å². The Morgan fingerprint density at radius 1 is 1.06 bits per heavy atom. The highest BCUT2D eigenvalue weighted by Gasteiger charge is 2.24. The number of nitro groups is 2. The van der Waals surface area contributed by atoms with Crippen molar-refractivity contribution in [3.8, 4) is 0 Å². The first-order valence-corrected chi connectivity index (χ1v) is 9.58. The van der Waals surface area contributed by atoms with Gasteiger partial charge in [-0.25, -0.2) is 4.79 Å². The maximum Gasteiger partial charge on any atom is 0.338 e. The molecule has 0 aromatic heterocycles. The lowest BCUT2D eigenvalue weighted by Crippen LogP contribution is -2.22. The standard InChI is InChI=1S/C19H17ClN4O7/c20-14-5-4-13(23(27)28)10-15(14)21-18(25)11-31-19(26)12-3-6-16(17(9-12)24(29)30)22-7-1-2-8-22/h3-6,9-10H,1-2,7-8,11H2,(H,21,25). The Labute approximate surface area is 180 Å². The molecule has 11 nitrogen and oxygen atoms in total. The van der Waals surface area contributed by atoms with Crippen LogP contribution in [-0.2, 0) is 9.53 Å². The van der Waals surface area contributed by atoms with Crippen LogP contribution in [-0.4, -0.2) is 41.4 Å². The Hall–Kier alpha value is -3.73. The van der Waals surface area contributed by atoms with Crippen molar-refractivity contribution < 1.29 is 24.2 Å². The third kappa shape index (κ3) is 5.25. The Kier molecular flexibility index (Phi) is 6.65. The topological polar surface area (TPSA) is 145 Å². The summed E-state index contributed by atoms with van der Waals surface area (Å²) in [6, 6.07) is 7.51. The van der Waals surface area contributed by atoms with E-state index in [1.165, 1.54) is 24.3 Å². The fourth-order valence-corrected chi connectivity index (χ4v) is 3.31. The molecular weight excluding hydrogens is 432 g/mol. The third-order valence-corrected chi connectivity index (χ3v) is 4.95. The quantitative estimate of drug-likeness (QED) is 0.384. The zero-order valence-electron chi connectivity index (χ0n) is 16.1. The predicted molar refractivity (Wildman–Crippen MR) is 112 cm³/mol. The lowest BCUT2D eigenvalue weighted by Gasteiger charge is -2.17. The second kappa shape index (κ2) is 9.39. The summed E-state index contributed by atoms with van der Waals surface area (Å²) < 4.78 is 4.92. The summed E-state index contributed by atoms with van der Waals surface area (Å²) in [4.78, 5) is 47.2. The molecule has 0 spiro atoms. The molecule has 2 aromatic carbocycles. The van der Waals surface area contributed by atoms with Gasteiger partial charge in [-0.1, -0.05) is 11.6 Å². The van der Waals surface area contributed by atoms with E-state index >= 15 is 0 Å². The molecule has 0 atom stereocenters. The van der Waals surface area contributed by atoms with Gasteiger partial charge in [0.15, 0.2) is 6.61 Å². The van der Waals surface area contributed by atoms with Crippen LogP contribution in [0.4, 0.5) is 22.7 Å². The number of esters is 1. The number of carbonyl (C=O) groups is 2. The molecule has 0 unspecified atom stereocenters. The molecule has 1 heterocycles. The van der Waals surface area contributed by atoms with Crippen molar-refractivity contribution >= 4 is 46.2 Å². The Morgan fingerprint density at radius 3 is 2.42 bits per heavy atom. The van der Waals surface area contributed by atoms with E-state index in [0.717, 1.165) is 25.0 Å². The van der Waals surface area contributed by atoms with Gasteiger partial charge < -0.3 is 15.0 Å². The molecule has 1 fully saturated rings. The van der Waals surface area contributed by atoms with Gasteiger partial charge in [0.2, 0.25) is 0 Å². The van der Waals surface area contributed by atoms with Crippen LogP contribution in [0, 0.1) is 20.2 Å². The lowest BCUT2D eigenvalue weighted by atomic mass is 10.1. The zero-order chi connectivity index (χ0) is 22.5. The SMILES string of the molecule is O=C(COC(=O)c1ccc(N2CCCC2)c([N+](=O)[O-])c1)Nc1cc([N+](=O)[O-])ccc1Cl. The number of nitrogens with one attached hydrogen (secondary N) is 1. The molecule has 1 saturated heterocycles. The second-order valence-electron chi connectivity index (χ2n) is 6.70. The lowest BCUT2D eigenvalue weighted by molar-refractivity contribution is -0.384. The molecule has 0 radical (unpaired) electrons. The van der Waals surface area contributed by atoms with Crippen LogP contribution < -0.4 is 10.2 Å². The number of anilines is 2. The molecule has 1 aliphatic heterocycles. The van der Waals surface area contributed by atoms with E-state index in [9.17, 15) is 29.8 Å². The smallest absolute Gasteiger partial charge is 0.338 e. The van der Waals surface area contributed by atoms with Crippen LogP contribution in [0.5, 0.6) is 0 Å².